The van der Waals surface area contributed by atoms with E-state index >= 15 is 0 Å². The van der Waals surface area contributed by atoms with Gasteiger partial charge in [0.15, 0.2) is 5.13 Å². The molecule has 0 spiro atoms. The number of nitrogens with zero attached hydrogens (tertiary/aromatic N) is 3. The lowest BCUT2D eigenvalue weighted by atomic mass is 9.90. The number of rotatable bonds is 3. The zero-order valence-corrected chi connectivity index (χ0v) is 16.6. The van der Waals surface area contributed by atoms with Crippen molar-refractivity contribution in [1.82, 2.24) is 14.5 Å². The topological polar surface area (TPSA) is 64.2 Å². The molecule has 3 rings (SSSR count). The highest BCUT2D eigenvalue weighted by molar-refractivity contribution is 7.12. The van der Waals surface area contributed by atoms with Gasteiger partial charge in [-0.2, -0.15) is 0 Å². The van der Waals surface area contributed by atoms with Gasteiger partial charge in [0.25, 0.3) is 5.91 Å². The first-order chi connectivity index (χ1) is 10.4. The van der Waals surface area contributed by atoms with Crippen LogP contribution in [0, 0.1) is 19.3 Å². The molecule has 1 unspecified atom stereocenters. The Morgan fingerprint density at radius 2 is 2.12 bits per heavy atom. The van der Waals surface area contributed by atoms with E-state index < -0.39 is 0 Å². The van der Waals surface area contributed by atoms with Crippen molar-refractivity contribution >= 4 is 42.1 Å². The maximum absolute atomic E-state index is 12.9. The first-order valence-electron chi connectivity index (χ1n) is 7.53. The van der Waals surface area contributed by atoms with Crippen LogP contribution in [0.1, 0.15) is 35.1 Å². The molecule has 1 aliphatic rings. The minimum Gasteiger partial charge on any atom is -0.338 e. The Labute approximate surface area is 159 Å². The molecular weight excluding hydrogens is 367 g/mol. The van der Waals surface area contributed by atoms with E-state index in [1.54, 1.807) is 17.5 Å². The molecule has 0 saturated carbocycles. The van der Waals surface area contributed by atoms with E-state index in [1.807, 2.05) is 30.2 Å². The normalized spacial score (nSPS) is 19.8. The quantitative estimate of drug-likeness (QED) is 0.874. The molecule has 0 bridgehead atoms. The zero-order valence-electron chi connectivity index (χ0n) is 14.1. The maximum Gasteiger partial charge on any atom is 0.255 e. The van der Waals surface area contributed by atoms with Gasteiger partial charge in [0.05, 0.1) is 5.56 Å². The number of aryl methyl sites for hydroxylation is 1. The molecule has 2 N–H and O–H groups in total. The third-order valence-electron chi connectivity index (χ3n) is 4.61. The predicted octanol–water partition coefficient (Wildman–Crippen LogP) is 3.21. The number of thiazole rings is 1. The van der Waals surface area contributed by atoms with Gasteiger partial charge >= 0.3 is 0 Å². The van der Waals surface area contributed by atoms with Crippen LogP contribution in [0.3, 0.4) is 0 Å². The van der Waals surface area contributed by atoms with Crippen LogP contribution in [0.2, 0.25) is 0 Å². The minimum atomic E-state index is 0. The third-order valence-corrected chi connectivity index (χ3v) is 5.37. The van der Waals surface area contributed by atoms with Crippen LogP contribution in [0.25, 0.3) is 5.13 Å². The fourth-order valence-electron chi connectivity index (χ4n) is 3.13. The number of nitrogens with two attached hydrogens (primary N) is 1. The number of likely N-dealkylation sites (tertiary alicyclic amines) is 1. The second kappa shape index (κ2) is 7.87. The summed E-state index contributed by atoms with van der Waals surface area (Å²) in [7, 11) is 0. The summed E-state index contributed by atoms with van der Waals surface area (Å²) in [6, 6.07) is 1.97. The van der Waals surface area contributed by atoms with Crippen LogP contribution >= 0.6 is 36.2 Å². The summed E-state index contributed by atoms with van der Waals surface area (Å²) >= 11 is 1.58. The van der Waals surface area contributed by atoms with Crippen LogP contribution < -0.4 is 5.73 Å². The lowest BCUT2D eigenvalue weighted by Crippen LogP contribution is -2.34. The number of amides is 1. The molecular formula is C16H24Cl2N4OS. The summed E-state index contributed by atoms with van der Waals surface area (Å²) in [5.74, 6) is 0.105. The lowest BCUT2D eigenvalue weighted by molar-refractivity contribution is 0.0776. The summed E-state index contributed by atoms with van der Waals surface area (Å²) in [6.45, 7) is 8.30. The maximum atomic E-state index is 12.9. The molecule has 0 aliphatic carbocycles. The highest BCUT2D eigenvalue weighted by Crippen LogP contribution is 2.31. The summed E-state index contributed by atoms with van der Waals surface area (Å²) in [6.07, 6.45) is 2.76. The standard InChI is InChI=1S/C16H22N4OS.2ClH/c1-11-8-13(12(2)20(11)15-18-5-7-22-15)14(21)19-6-4-16(3,9-17)10-19;;/h5,7-8H,4,6,9-10,17H2,1-3H3;2*1H. The molecule has 5 nitrogen and oxygen atoms in total. The van der Waals surface area contributed by atoms with Gasteiger partial charge in [-0.05, 0) is 38.3 Å². The van der Waals surface area contributed by atoms with E-state index in [1.165, 1.54) is 0 Å². The number of aromatic nitrogens is 2. The molecule has 1 atom stereocenters. The Balaban J connectivity index is 0.00000144. The second-order valence-corrected chi connectivity index (χ2v) is 7.30. The molecule has 3 heterocycles. The van der Waals surface area contributed by atoms with Gasteiger partial charge in [-0.1, -0.05) is 6.92 Å². The van der Waals surface area contributed by atoms with Crippen molar-refractivity contribution in [2.45, 2.75) is 27.2 Å². The monoisotopic (exact) mass is 390 g/mol. The average Bonchev–Trinajstić information content (AvgIpc) is 3.19. The first-order valence-corrected chi connectivity index (χ1v) is 8.41. The number of halogens is 2. The Morgan fingerprint density at radius 1 is 1.42 bits per heavy atom. The van der Waals surface area contributed by atoms with Crippen molar-refractivity contribution < 1.29 is 4.79 Å². The van der Waals surface area contributed by atoms with Crippen molar-refractivity contribution in [3.05, 3.63) is 34.6 Å². The minimum absolute atomic E-state index is 0. The van der Waals surface area contributed by atoms with E-state index in [4.69, 9.17) is 5.73 Å². The molecule has 0 radical (unpaired) electrons. The van der Waals surface area contributed by atoms with E-state index in [-0.39, 0.29) is 36.1 Å². The number of hydrogen-bond donors (Lipinski definition) is 1. The van der Waals surface area contributed by atoms with Gasteiger partial charge in [-0.25, -0.2) is 4.98 Å². The van der Waals surface area contributed by atoms with Gasteiger partial charge in [0.1, 0.15) is 0 Å². The van der Waals surface area contributed by atoms with Crippen LogP contribution in [0.5, 0.6) is 0 Å². The van der Waals surface area contributed by atoms with Crippen molar-refractivity contribution in [2.24, 2.45) is 11.1 Å². The highest BCUT2D eigenvalue weighted by Gasteiger charge is 2.36. The summed E-state index contributed by atoms with van der Waals surface area (Å²) < 4.78 is 2.05. The summed E-state index contributed by atoms with van der Waals surface area (Å²) in [5.41, 5.74) is 8.66. The van der Waals surface area contributed by atoms with Crippen LogP contribution in [0.4, 0.5) is 0 Å². The van der Waals surface area contributed by atoms with Crippen LogP contribution in [-0.2, 0) is 0 Å². The van der Waals surface area contributed by atoms with Gasteiger partial charge in [-0.3, -0.25) is 9.36 Å². The van der Waals surface area contributed by atoms with E-state index in [0.29, 0.717) is 6.54 Å². The fraction of sp³-hybridized carbons (Fsp3) is 0.500. The fourth-order valence-corrected chi connectivity index (χ4v) is 3.89. The molecule has 0 aromatic carbocycles. The van der Waals surface area contributed by atoms with Crippen molar-refractivity contribution in [3.63, 3.8) is 0 Å². The van der Waals surface area contributed by atoms with E-state index in [9.17, 15) is 4.79 Å². The van der Waals surface area contributed by atoms with Crippen molar-refractivity contribution in [2.75, 3.05) is 19.6 Å². The molecule has 1 amide bonds. The number of carbonyl (C=O) groups is 1. The zero-order chi connectivity index (χ0) is 15.9. The SMILES string of the molecule is Cc1cc(C(=O)N2CCC(C)(CN)C2)c(C)n1-c1nccs1.Cl.Cl. The highest BCUT2D eigenvalue weighted by atomic mass is 35.5. The molecule has 2 aromatic rings. The van der Waals surface area contributed by atoms with Gasteiger partial charge in [0.2, 0.25) is 0 Å². The van der Waals surface area contributed by atoms with Gasteiger partial charge in [-0.15, -0.1) is 36.2 Å². The molecule has 2 aromatic heterocycles. The van der Waals surface area contributed by atoms with Gasteiger partial charge < -0.3 is 10.6 Å². The van der Waals surface area contributed by atoms with Crippen LogP contribution in [-0.4, -0.2) is 40.0 Å². The molecule has 1 fully saturated rings. The lowest BCUT2D eigenvalue weighted by Gasteiger charge is -2.22. The molecule has 8 heteroatoms. The predicted molar refractivity (Wildman–Crippen MR) is 103 cm³/mol. The number of hydrogen-bond acceptors (Lipinski definition) is 4. The Bertz CT molecular complexity index is 701. The summed E-state index contributed by atoms with van der Waals surface area (Å²) in [4.78, 5) is 19.1. The molecule has 1 aliphatic heterocycles. The van der Waals surface area contributed by atoms with E-state index in [2.05, 4.69) is 16.5 Å². The van der Waals surface area contributed by atoms with Crippen LogP contribution in [0.15, 0.2) is 17.6 Å². The Hall–Kier alpha value is -1.08. The third kappa shape index (κ3) is 3.61. The molecule has 134 valence electrons. The summed E-state index contributed by atoms with van der Waals surface area (Å²) in [5, 5.41) is 2.85. The molecule has 24 heavy (non-hydrogen) atoms. The Morgan fingerprint density at radius 3 is 2.67 bits per heavy atom. The van der Waals surface area contributed by atoms with E-state index in [0.717, 1.165) is 41.6 Å². The molecule has 1 saturated heterocycles. The van der Waals surface area contributed by atoms with Gasteiger partial charge in [0, 0.05) is 36.1 Å². The largest absolute Gasteiger partial charge is 0.338 e. The van der Waals surface area contributed by atoms with Crippen molar-refractivity contribution in [3.8, 4) is 5.13 Å². The average molecular weight is 391 g/mol. The second-order valence-electron chi connectivity index (χ2n) is 6.43. The Kier molecular flexibility index (Phi) is 6.87. The van der Waals surface area contributed by atoms with Crippen molar-refractivity contribution in [1.29, 1.82) is 0 Å². The smallest absolute Gasteiger partial charge is 0.255 e. The number of carbonyl (C=O) groups excluding carboxylic acids is 1. The first kappa shape index (κ1) is 21.0.